The van der Waals surface area contributed by atoms with E-state index in [1.807, 2.05) is 0 Å². The zero-order valence-corrected chi connectivity index (χ0v) is 9.23. The van der Waals surface area contributed by atoms with Gasteiger partial charge in [-0.05, 0) is 0 Å². The van der Waals surface area contributed by atoms with Gasteiger partial charge in [0.2, 0.25) is 5.91 Å². The summed E-state index contributed by atoms with van der Waals surface area (Å²) in [6, 6.07) is 0. The molecule has 1 rings (SSSR count). The van der Waals surface area contributed by atoms with E-state index < -0.39 is 10.8 Å². The molecule has 0 spiro atoms. The highest BCUT2D eigenvalue weighted by Crippen LogP contribution is 1.99. The zero-order valence-electron chi connectivity index (χ0n) is 8.41. The van der Waals surface area contributed by atoms with Gasteiger partial charge in [0, 0.05) is 42.2 Å². The number of carbonyl (C=O) groups excluding carboxylic acids is 2. The first-order valence-electron chi connectivity index (χ1n) is 4.53. The standard InChI is InChI=1S/C8H13N3O3S/c1-15(14)5-4-9-8(13)6-2-3-7(12)11-10-6/h2-5H2,1H3,(H,9,13)(H,11,12). The molecule has 0 aromatic rings. The molecule has 7 heteroatoms. The summed E-state index contributed by atoms with van der Waals surface area (Å²) in [6.45, 7) is 0.356. The highest BCUT2D eigenvalue weighted by atomic mass is 32.2. The molecule has 0 aromatic heterocycles. The summed E-state index contributed by atoms with van der Waals surface area (Å²) in [4.78, 5) is 22.1. The van der Waals surface area contributed by atoms with E-state index >= 15 is 0 Å². The van der Waals surface area contributed by atoms with Crippen molar-refractivity contribution >= 4 is 28.3 Å². The molecule has 1 aliphatic rings. The minimum Gasteiger partial charge on any atom is -0.350 e. The van der Waals surface area contributed by atoms with Gasteiger partial charge in [-0.2, -0.15) is 5.10 Å². The van der Waals surface area contributed by atoms with Gasteiger partial charge in [-0.25, -0.2) is 5.43 Å². The molecule has 2 N–H and O–H groups in total. The molecule has 0 saturated carbocycles. The molecule has 0 bridgehead atoms. The topological polar surface area (TPSA) is 87.6 Å². The number of amides is 2. The molecule has 0 radical (unpaired) electrons. The minimum absolute atomic E-state index is 0.179. The van der Waals surface area contributed by atoms with Crippen LogP contribution in [0.25, 0.3) is 0 Å². The van der Waals surface area contributed by atoms with Gasteiger partial charge >= 0.3 is 0 Å². The molecular weight excluding hydrogens is 218 g/mol. The summed E-state index contributed by atoms with van der Waals surface area (Å²) >= 11 is 0. The summed E-state index contributed by atoms with van der Waals surface area (Å²) in [5.41, 5.74) is 2.56. The predicted molar refractivity (Wildman–Crippen MR) is 56.8 cm³/mol. The number of carbonyl (C=O) groups is 2. The average Bonchev–Trinajstić information content (AvgIpc) is 2.18. The molecule has 2 amide bonds. The van der Waals surface area contributed by atoms with Gasteiger partial charge in [-0.15, -0.1) is 0 Å². The minimum atomic E-state index is -0.917. The maximum Gasteiger partial charge on any atom is 0.267 e. The molecule has 0 saturated heterocycles. The summed E-state index contributed by atoms with van der Waals surface area (Å²) in [6.07, 6.45) is 2.21. The lowest BCUT2D eigenvalue weighted by atomic mass is 10.2. The van der Waals surface area contributed by atoms with Crippen LogP contribution in [0.4, 0.5) is 0 Å². The van der Waals surface area contributed by atoms with E-state index in [2.05, 4.69) is 15.8 Å². The van der Waals surface area contributed by atoms with E-state index in [0.717, 1.165) is 0 Å². The maximum absolute atomic E-state index is 11.4. The van der Waals surface area contributed by atoms with Crippen molar-refractivity contribution in [1.29, 1.82) is 0 Å². The van der Waals surface area contributed by atoms with Crippen LogP contribution in [-0.2, 0) is 20.4 Å². The summed E-state index contributed by atoms with van der Waals surface area (Å²) in [5, 5.41) is 6.22. The number of nitrogens with one attached hydrogen (secondary N) is 2. The Morgan fingerprint density at radius 1 is 1.60 bits per heavy atom. The van der Waals surface area contributed by atoms with Crippen molar-refractivity contribution in [3.63, 3.8) is 0 Å². The predicted octanol–water partition coefficient (Wildman–Crippen LogP) is -1.25. The number of rotatable bonds is 4. The third-order valence-corrected chi connectivity index (χ3v) is 2.62. The monoisotopic (exact) mass is 231 g/mol. The van der Waals surface area contributed by atoms with Gasteiger partial charge in [0.1, 0.15) is 5.71 Å². The van der Waals surface area contributed by atoms with Gasteiger partial charge in [0.15, 0.2) is 0 Å². The third kappa shape index (κ3) is 4.20. The van der Waals surface area contributed by atoms with Crippen molar-refractivity contribution in [3.05, 3.63) is 0 Å². The normalized spacial score (nSPS) is 17.7. The van der Waals surface area contributed by atoms with Crippen molar-refractivity contribution in [2.75, 3.05) is 18.6 Å². The lowest BCUT2D eigenvalue weighted by Crippen LogP contribution is -2.38. The molecule has 1 heterocycles. The highest BCUT2D eigenvalue weighted by Gasteiger charge is 2.17. The van der Waals surface area contributed by atoms with Crippen molar-refractivity contribution < 1.29 is 13.8 Å². The molecule has 84 valence electrons. The third-order valence-electron chi connectivity index (χ3n) is 1.84. The molecule has 1 unspecified atom stereocenters. The van der Waals surface area contributed by atoms with Gasteiger partial charge in [-0.1, -0.05) is 0 Å². The second-order valence-corrected chi connectivity index (χ2v) is 4.68. The first kappa shape index (κ1) is 11.8. The number of hydrazone groups is 1. The smallest absolute Gasteiger partial charge is 0.267 e. The van der Waals surface area contributed by atoms with Gasteiger partial charge in [-0.3, -0.25) is 13.8 Å². The van der Waals surface area contributed by atoms with Gasteiger partial charge < -0.3 is 5.32 Å². The quantitative estimate of drug-likeness (QED) is 0.633. The Kier molecular flexibility index (Phi) is 4.41. The fourth-order valence-corrected chi connectivity index (χ4v) is 1.44. The van der Waals surface area contributed by atoms with Crippen LogP contribution in [0.1, 0.15) is 12.8 Å². The van der Waals surface area contributed by atoms with Crippen LogP contribution in [-0.4, -0.2) is 40.3 Å². The van der Waals surface area contributed by atoms with Crippen LogP contribution in [0, 0.1) is 0 Å². The molecule has 0 aromatic carbocycles. The Hall–Kier alpha value is -1.24. The first-order chi connectivity index (χ1) is 7.09. The fraction of sp³-hybridized carbons (Fsp3) is 0.625. The molecule has 1 aliphatic heterocycles. The van der Waals surface area contributed by atoms with E-state index in [1.165, 1.54) is 0 Å². The van der Waals surface area contributed by atoms with Crippen LogP contribution in [0.3, 0.4) is 0 Å². The van der Waals surface area contributed by atoms with Gasteiger partial charge in [0.05, 0.1) is 0 Å². The summed E-state index contributed by atoms with van der Waals surface area (Å²) < 4.78 is 10.7. The average molecular weight is 231 g/mol. The van der Waals surface area contributed by atoms with E-state index in [-0.39, 0.29) is 18.2 Å². The second-order valence-electron chi connectivity index (χ2n) is 3.13. The van der Waals surface area contributed by atoms with Crippen molar-refractivity contribution in [1.82, 2.24) is 10.7 Å². The van der Waals surface area contributed by atoms with E-state index in [1.54, 1.807) is 6.26 Å². The van der Waals surface area contributed by atoms with Crippen molar-refractivity contribution in [2.45, 2.75) is 12.8 Å². The number of hydrogen-bond acceptors (Lipinski definition) is 4. The Morgan fingerprint density at radius 2 is 2.33 bits per heavy atom. The summed E-state index contributed by atoms with van der Waals surface area (Å²) in [7, 11) is -0.917. The molecule has 15 heavy (non-hydrogen) atoms. The van der Waals surface area contributed by atoms with Crippen LogP contribution >= 0.6 is 0 Å². The number of hydrogen-bond donors (Lipinski definition) is 2. The molecule has 0 aliphatic carbocycles. The van der Waals surface area contributed by atoms with Crippen LogP contribution in [0.2, 0.25) is 0 Å². The number of nitrogens with zero attached hydrogens (tertiary/aromatic N) is 1. The highest BCUT2D eigenvalue weighted by molar-refractivity contribution is 7.84. The Balaban J connectivity index is 2.34. The largest absolute Gasteiger partial charge is 0.350 e. The van der Waals surface area contributed by atoms with E-state index in [9.17, 15) is 13.8 Å². The Bertz CT molecular complexity index is 327. The van der Waals surface area contributed by atoms with Crippen molar-refractivity contribution in [2.24, 2.45) is 5.10 Å². The van der Waals surface area contributed by atoms with Crippen molar-refractivity contribution in [3.8, 4) is 0 Å². The van der Waals surface area contributed by atoms with Gasteiger partial charge in [0.25, 0.3) is 5.91 Å². The molecule has 1 atom stereocenters. The van der Waals surface area contributed by atoms with Crippen LogP contribution < -0.4 is 10.7 Å². The summed E-state index contributed by atoms with van der Waals surface area (Å²) in [5.74, 6) is -0.0626. The SMILES string of the molecule is CS(=O)CCNC(=O)C1=NNC(=O)CC1. The Morgan fingerprint density at radius 3 is 2.87 bits per heavy atom. The van der Waals surface area contributed by atoms with Crippen LogP contribution in [0.15, 0.2) is 5.10 Å². The van der Waals surface area contributed by atoms with Crippen LogP contribution in [0.5, 0.6) is 0 Å². The lowest BCUT2D eigenvalue weighted by molar-refractivity contribution is -0.121. The first-order valence-corrected chi connectivity index (χ1v) is 6.26. The fourth-order valence-electron chi connectivity index (χ4n) is 1.05. The lowest BCUT2D eigenvalue weighted by Gasteiger charge is -2.11. The van der Waals surface area contributed by atoms with E-state index in [0.29, 0.717) is 24.4 Å². The molecule has 6 nitrogen and oxygen atoms in total. The Labute approximate surface area is 90.0 Å². The second kappa shape index (κ2) is 5.59. The zero-order chi connectivity index (χ0) is 11.3. The van der Waals surface area contributed by atoms with E-state index in [4.69, 9.17) is 0 Å². The molecular formula is C8H13N3O3S. The maximum atomic E-state index is 11.4. The molecule has 0 fully saturated rings.